The van der Waals surface area contributed by atoms with Gasteiger partial charge in [-0.05, 0) is 38.3 Å². The highest BCUT2D eigenvalue weighted by Gasteiger charge is 2.26. The molecule has 0 amide bonds. The molecule has 3 nitrogen and oxygen atoms in total. The first kappa shape index (κ1) is 11.4. The van der Waals surface area contributed by atoms with Crippen LogP contribution >= 0.6 is 0 Å². The van der Waals surface area contributed by atoms with E-state index in [1.165, 1.54) is 12.1 Å². The molecule has 1 fully saturated rings. The highest BCUT2D eigenvalue weighted by atomic mass is 15.2. The first-order valence-electron chi connectivity index (χ1n) is 6.06. The monoisotopic (exact) mass is 219 g/mol. The van der Waals surface area contributed by atoms with E-state index in [0.29, 0.717) is 6.04 Å². The van der Waals surface area contributed by atoms with Crippen LogP contribution in [0.15, 0.2) is 18.3 Å². The predicted octanol–water partition coefficient (Wildman–Crippen LogP) is 2.34. The summed E-state index contributed by atoms with van der Waals surface area (Å²) in [6.07, 6.45) is 3.22. The highest BCUT2D eigenvalue weighted by Crippen LogP contribution is 2.28. The van der Waals surface area contributed by atoms with Gasteiger partial charge in [0.05, 0.1) is 17.6 Å². The lowest BCUT2D eigenvalue weighted by atomic mass is 10.1. The second kappa shape index (κ2) is 4.42. The summed E-state index contributed by atoms with van der Waals surface area (Å²) in [5.74, 6) is 0.781. The summed E-state index contributed by atoms with van der Waals surface area (Å²) < 4.78 is 0. The molecule has 1 aliphatic rings. The molecular weight excluding hydrogens is 198 g/mol. The molecule has 0 bridgehead atoms. The van der Waals surface area contributed by atoms with Gasteiger partial charge in [-0.1, -0.05) is 6.92 Å². The molecule has 2 heterocycles. The summed E-state index contributed by atoms with van der Waals surface area (Å²) in [6.45, 7) is 7.69. The molecule has 0 radical (unpaired) electrons. The molecular formula is C13H21N3. The lowest BCUT2D eigenvalue weighted by Crippen LogP contribution is -2.26. The maximum Gasteiger partial charge on any atom is 0.0569 e. The molecule has 0 aromatic carbocycles. The quantitative estimate of drug-likeness (QED) is 0.830. The minimum absolute atomic E-state index is 0.0176. The van der Waals surface area contributed by atoms with Crippen LogP contribution in [0.3, 0.4) is 0 Å². The lowest BCUT2D eigenvalue weighted by molar-refractivity contribution is 0.625. The summed E-state index contributed by atoms with van der Waals surface area (Å²) in [5.41, 5.74) is 7.98. The van der Waals surface area contributed by atoms with Crippen molar-refractivity contribution in [2.24, 2.45) is 11.7 Å². The molecule has 0 spiro atoms. The maximum atomic E-state index is 5.79. The molecule has 2 rings (SSSR count). The van der Waals surface area contributed by atoms with Crippen LogP contribution in [-0.4, -0.2) is 17.6 Å². The Balaban J connectivity index is 2.15. The largest absolute Gasteiger partial charge is 0.367 e. The topological polar surface area (TPSA) is 42.1 Å². The fourth-order valence-corrected chi connectivity index (χ4v) is 2.50. The zero-order valence-electron chi connectivity index (χ0n) is 10.4. The normalized spacial score (nSPS) is 27.1. The van der Waals surface area contributed by atoms with E-state index in [-0.39, 0.29) is 6.04 Å². The number of hydrogen-bond acceptors (Lipinski definition) is 3. The lowest BCUT2D eigenvalue weighted by Gasteiger charge is -2.23. The zero-order valence-corrected chi connectivity index (χ0v) is 10.4. The van der Waals surface area contributed by atoms with Gasteiger partial charge in [-0.3, -0.25) is 4.98 Å². The van der Waals surface area contributed by atoms with Crippen molar-refractivity contribution in [2.75, 3.05) is 11.4 Å². The predicted molar refractivity (Wildman–Crippen MR) is 67.4 cm³/mol. The minimum Gasteiger partial charge on any atom is -0.367 e. The Bertz CT molecular complexity index is 345. The van der Waals surface area contributed by atoms with Gasteiger partial charge in [-0.15, -0.1) is 0 Å². The van der Waals surface area contributed by atoms with Crippen LogP contribution in [0, 0.1) is 5.92 Å². The number of pyridine rings is 1. The van der Waals surface area contributed by atoms with Crippen LogP contribution in [-0.2, 0) is 0 Å². The van der Waals surface area contributed by atoms with Crippen LogP contribution < -0.4 is 10.6 Å². The van der Waals surface area contributed by atoms with Crippen LogP contribution in [0.2, 0.25) is 0 Å². The fourth-order valence-electron chi connectivity index (χ4n) is 2.50. The summed E-state index contributed by atoms with van der Waals surface area (Å²) in [4.78, 5) is 6.85. The van der Waals surface area contributed by atoms with Crippen molar-refractivity contribution in [1.29, 1.82) is 0 Å². The molecule has 1 aliphatic heterocycles. The molecule has 3 unspecified atom stereocenters. The van der Waals surface area contributed by atoms with Gasteiger partial charge >= 0.3 is 0 Å². The summed E-state index contributed by atoms with van der Waals surface area (Å²) in [6, 6.07) is 4.82. The number of anilines is 1. The zero-order chi connectivity index (χ0) is 11.7. The molecule has 16 heavy (non-hydrogen) atoms. The minimum atomic E-state index is 0.0176. The van der Waals surface area contributed by atoms with Gasteiger partial charge in [0.1, 0.15) is 0 Å². The van der Waals surface area contributed by atoms with E-state index < -0.39 is 0 Å². The van der Waals surface area contributed by atoms with E-state index in [1.807, 2.05) is 19.2 Å². The molecule has 0 saturated carbocycles. The molecule has 3 heteroatoms. The summed E-state index contributed by atoms with van der Waals surface area (Å²) >= 11 is 0. The Morgan fingerprint density at radius 1 is 1.44 bits per heavy atom. The second-order valence-electron chi connectivity index (χ2n) is 5.07. The number of aromatic nitrogens is 1. The van der Waals surface area contributed by atoms with Gasteiger partial charge in [0.15, 0.2) is 0 Å². The van der Waals surface area contributed by atoms with E-state index in [9.17, 15) is 0 Å². The van der Waals surface area contributed by atoms with Crippen LogP contribution in [0.5, 0.6) is 0 Å². The molecule has 3 atom stereocenters. The van der Waals surface area contributed by atoms with Crippen molar-refractivity contribution in [3.8, 4) is 0 Å². The average molecular weight is 219 g/mol. The number of nitrogens with zero attached hydrogens (tertiary/aromatic N) is 2. The molecule has 1 saturated heterocycles. The Morgan fingerprint density at radius 2 is 2.19 bits per heavy atom. The fraction of sp³-hybridized carbons (Fsp3) is 0.615. The Labute approximate surface area is 97.7 Å². The van der Waals surface area contributed by atoms with E-state index in [1.54, 1.807) is 0 Å². The van der Waals surface area contributed by atoms with E-state index in [0.717, 1.165) is 18.2 Å². The van der Waals surface area contributed by atoms with Crippen molar-refractivity contribution >= 4 is 5.69 Å². The molecule has 2 N–H and O–H groups in total. The van der Waals surface area contributed by atoms with Crippen molar-refractivity contribution < 1.29 is 0 Å². The van der Waals surface area contributed by atoms with Gasteiger partial charge in [-0.2, -0.15) is 0 Å². The summed E-state index contributed by atoms with van der Waals surface area (Å²) in [5, 5.41) is 0. The number of nitrogens with two attached hydrogens (primary N) is 1. The van der Waals surface area contributed by atoms with Crippen LogP contribution in [0.1, 0.15) is 38.9 Å². The molecule has 0 aliphatic carbocycles. The molecule has 1 aromatic heterocycles. The van der Waals surface area contributed by atoms with Crippen molar-refractivity contribution in [3.63, 3.8) is 0 Å². The van der Waals surface area contributed by atoms with E-state index >= 15 is 0 Å². The Morgan fingerprint density at radius 3 is 2.62 bits per heavy atom. The van der Waals surface area contributed by atoms with Gasteiger partial charge < -0.3 is 10.6 Å². The van der Waals surface area contributed by atoms with E-state index in [4.69, 9.17) is 5.73 Å². The number of hydrogen-bond donors (Lipinski definition) is 1. The standard InChI is InChI=1S/C13H21N3/c1-9-6-10(2)16(8-9)12-4-5-13(11(3)14)15-7-12/h4-5,7,9-11H,6,8,14H2,1-3H3. The Hall–Kier alpha value is -1.09. The van der Waals surface area contributed by atoms with Crippen molar-refractivity contribution in [3.05, 3.63) is 24.0 Å². The first-order chi connectivity index (χ1) is 7.58. The number of rotatable bonds is 2. The third kappa shape index (κ3) is 2.19. The SMILES string of the molecule is CC1CC(C)N(c2ccc(C(C)N)nc2)C1. The maximum absolute atomic E-state index is 5.79. The first-order valence-corrected chi connectivity index (χ1v) is 6.06. The smallest absolute Gasteiger partial charge is 0.0569 e. The van der Waals surface area contributed by atoms with Crippen molar-refractivity contribution in [2.45, 2.75) is 39.3 Å². The third-order valence-electron chi connectivity index (χ3n) is 3.35. The summed E-state index contributed by atoms with van der Waals surface area (Å²) in [7, 11) is 0. The van der Waals surface area contributed by atoms with Gasteiger partial charge in [0, 0.05) is 18.6 Å². The highest BCUT2D eigenvalue weighted by molar-refractivity contribution is 5.47. The third-order valence-corrected chi connectivity index (χ3v) is 3.35. The van der Waals surface area contributed by atoms with E-state index in [2.05, 4.69) is 29.8 Å². The average Bonchev–Trinajstić information content (AvgIpc) is 2.58. The molecule has 1 aromatic rings. The van der Waals surface area contributed by atoms with Gasteiger partial charge in [0.2, 0.25) is 0 Å². The van der Waals surface area contributed by atoms with Crippen LogP contribution in [0.25, 0.3) is 0 Å². The van der Waals surface area contributed by atoms with Gasteiger partial charge in [0.25, 0.3) is 0 Å². The van der Waals surface area contributed by atoms with Crippen molar-refractivity contribution in [1.82, 2.24) is 4.98 Å². The second-order valence-corrected chi connectivity index (χ2v) is 5.07. The Kier molecular flexibility index (Phi) is 3.15. The van der Waals surface area contributed by atoms with Gasteiger partial charge in [-0.25, -0.2) is 0 Å². The molecule has 88 valence electrons. The van der Waals surface area contributed by atoms with Crippen LogP contribution in [0.4, 0.5) is 5.69 Å².